The van der Waals surface area contributed by atoms with Crippen LogP contribution in [0.15, 0.2) is 127 Å². The minimum atomic E-state index is -0.152. The zero-order valence-electron chi connectivity index (χ0n) is 20.9. The molecule has 0 amide bonds. The normalized spacial score (nSPS) is 13.5. The van der Waals surface area contributed by atoms with Crippen molar-refractivity contribution in [3.63, 3.8) is 0 Å². The van der Waals surface area contributed by atoms with Crippen LogP contribution < -0.4 is 15.3 Å². The molecule has 2 aliphatic rings. The highest BCUT2D eigenvalue weighted by Crippen LogP contribution is 2.46. The van der Waals surface area contributed by atoms with E-state index in [1.807, 2.05) is 0 Å². The monoisotopic (exact) mass is 500 g/mol. The Morgan fingerprint density at radius 3 is 1.36 bits per heavy atom. The van der Waals surface area contributed by atoms with E-state index in [9.17, 15) is 0 Å². The number of hydrogen-bond acceptors (Lipinski definition) is 4. The molecule has 0 bridgehead atoms. The Labute approximate surface area is 225 Å². The summed E-state index contributed by atoms with van der Waals surface area (Å²) in [7, 11) is 0. The van der Waals surface area contributed by atoms with Gasteiger partial charge in [-0.25, -0.2) is 9.97 Å². The predicted molar refractivity (Wildman–Crippen MR) is 159 cm³/mol. The van der Waals surface area contributed by atoms with Gasteiger partial charge in [0.05, 0.1) is 22.1 Å². The second kappa shape index (κ2) is 7.62. The molecule has 7 aromatic rings. The van der Waals surface area contributed by atoms with Crippen LogP contribution in [0.5, 0.6) is 0 Å². The van der Waals surface area contributed by atoms with E-state index in [0.29, 0.717) is 0 Å². The summed E-state index contributed by atoms with van der Waals surface area (Å²) in [6.07, 6.45) is 0. The number of benzene rings is 5. The van der Waals surface area contributed by atoms with E-state index in [1.54, 1.807) is 0 Å². The van der Waals surface area contributed by atoms with E-state index in [2.05, 4.69) is 146 Å². The largest absolute Gasteiger partial charge is 0.429 e. The van der Waals surface area contributed by atoms with Crippen molar-refractivity contribution in [2.24, 2.45) is 0 Å². The lowest BCUT2D eigenvalue weighted by molar-refractivity contribution is 0.998. The Morgan fingerprint density at radius 2 is 0.872 bits per heavy atom. The first kappa shape index (κ1) is 20.7. The van der Waals surface area contributed by atoms with E-state index >= 15 is 0 Å². The smallest absolute Gasteiger partial charge is 0.329 e. The van der Waals surface area contributed by atoms with Gasteiger partial charge in [0.1, 0.15) is 0 Å². The number of aromatic nitrogens is 4. The van der Waals surface area contributed by atoms with Crippen molar-refractivity contribution in [1.82, 2.24) is 18.9 Å². The summed E-state index contributed by atoms with van der Waals surface area (Å²) in [4.78, 5) is 15.0. The molecule has 7 heteroatoms. The molecular formula is C32H21BN6. The molecular weight excluding hydrogens is 479 g/mol. The van der Waals surface area contributed by atoms with Gasteiger partial charge >= 0.3 is 6.98 Å². The number of anilines is 6. The van der Waals surface area contributed by atoms with Crippen molar-refractivity contribution in [3.8, 4) is 0 Å². The molecule has 0 saturated carbocycles. The number of nitrogens with zero attached hydrogens (tertiary/aromatic N) is 6. The Hall–Kier alpha value is -5.30. The second-order valence-corrected chi connectivity index (χ2v) is 9.97. The fraction of sp³-hybridized carbons (Fsp3) is 0. The van der Waals surface area contributed by atoms with Gasteiger partial charge in [-0.15, -0.1) is 0 Å². The third kappa shape index (κ3) is 2.71. The van der Waals surface area contributed by atoms with Crippen LogP contribution in [0.1, 0.15) is 0 Å². The summed E-state index contributed by atoms with van der Waals surface area (Å²) in [6.45, 7) is -0.152. The summed E-state index contributed by atoms with van der Waals surface area (Å²) in [6, 6.07) is 44.5. The van der Waals surface area contributed by atoms with Crippen molar-refractivity contribution >= 4 is 69.2 Å². The quantitative estimate of drug-likeness (QED) is 0.247. The fourth-order valence-electron chi connectivity index (χ4n) is 6.31. The van der Waals surface area contributed by atoms with Crippen LogP contribution in [-0.2, 0) is 0 Å². The van der Waals surface area contributed by atoms with Crippen molar-refractivity contribution in [2.75, 3.05) is 9.80 Å². The van der Waals surface area contributed by atoms with Crippen LogP contribution >= 0.6 is 0 Å². The van der Waals surface area contributed by atoms with Crippen LogP contribution in [0.2, 0.25) is 0 Å². The number of imidazole rings is 2. The number of fused-ring (bicyclic) bond motifs is 8. The third-order valence-electron chi connectivity index (χ3n) is 7.87. The molecule has 0 spiro atoms. The van der Waals surface area contributed by atoms with Gasteiger partial charge in [-0.3, -0.25) is 9.80 Å². The maximum Gasteiger partial charge on any atom is 0.429 e. The lowest BCUT2D eigenvalue weighted by Gasteiger charge is -2.42. The molecule has 9 rings (SSSR count). The number of hydrogen-bond donors (Lipinski definition) is 0. The molecule has 0 fully saturated rings. The molecule has 6 nitrogen and oxygen atoms in total. The van der Waals surface area contributed by atoms with Crippen molar-refractivity contribution in [1.29, 1.82) is 0 Å². The van der Waals surface area contributed by atoms with E-state index < -0.39 is 0 Å². The van der Waals surface area contributed by atoms with E-state index in [-0.39, 0.29) is 6.98 Å². The maximum atomic E-state index is 5.22. The highest BCUT2D eigenvalue weighted by Gasteiger charge is 2.46. The molecule has 0 unspecified atom stereocenters. The summed E-state index contributed by atoms with van der Waals surface area (Å²) < 4.78 is 4.77. The summed E-state index contributed by atoms with van der Waals surface area (Å²) >= 11 is 0. The van der Waals surface area contributed by atoms with Gasteiger partial charge in [-0.1, -0.05) is 66.7 Å². The Balaban J connectivity index is 1.46. The zero-order chi connectivity index (χ0) is 25.5. The van der Waals surface area contributed by atoms with Gasteiger partial charge in [-0.05, 0) is 60.7 Å². The van der Waals surface area contributed by atoms with Crippen molar-refractivity contribution in [3.05, 3.63) is 127 Å². The average molecular weight is 500 g/mol. The zero-order valence-corrected chi connectivity index (χ0v) is 20.9. The number of para-hydroxylation sites is 6. The van der Waals surface area contributed by atoms with Crippen LogP contribution in [0.3, 0.4) is 0 Å². The van der Waals surface area contributed by atoms with Gasteiger partial charge in [0, 0.05) is 28.2 Å². The minimum absolute atomic E-state index is 0.152. The van der Waals surface area contributed by atoms with Crippen LogP contribution in [-0.4, -0.2) is 25.9 Å². The first-order valence-corrected chi connectivity index (χ1v) is 13.2. The Kier molecular flexibility index (Phi) is 4.05. The maximum absolute atomic E-state index is 5.22. The van der Waals surface area contributed by atoms with Crippen LogP contribution in [0, 0.1) is 0 Å². The molecule has 0 saturated heterocycles. The topological polar surface area (TPSA) is 42.1 Å². The molecule has 182 valence electrons. The Morgan fingerprint density at radius 1 is 0.436 bits per heavy atom. The van der Waals surface area contributed by atoms with Crippen LogP contribution in [0.4, 0.5) is 34.6 Å². The SMILES string of the molecule is c1ccc(N2c3cccc4c3B(n3c2nc2ccccc23)n2c(nc3ccccc32)N4c2ccccc2)cc1. The molecule has 0 atom stereocenters. The second-order valence-electron chi connectivity index (χ2n) is 9.97. The van der Waals surface area contributed by atoms with Crippen molar-refractivity contribution < 1.29 is 0 Å². The summed E-state index contributed by atoms with van der Waals surface area (Å²) in [5, 5.41) is 0. The molecule has 0 aliphatic carbocycles. The van der Waals surface area contributed by atoms with Gasteiger partial charge in [0.2, 0.25) is 11.9 Å². The molecule has 39 heavy (non-hydrogen) atoms. The molecule has 2 aliphatic heterocycles. The van der Waals surface area contributed by atoms with E-state index in [4.69, 9.17) is 9.97 Å². The van der Waals surface area contributed by atoms with Gasteiger partial charge in [0.25, 0.3) is 0 Å². The molecule has 0 N–H and O–H groups in total. The number of rotatable bonds is 2. The highest BCUT2D eigenvalue weighted by molar-refractivity contribution is 6.77. The standard InChI is InChI=1S/C32H21BN6/c1-3-12-22(13-4-1)36-28-20-11-21-29-30(28)33(38-26-18-9-7-16-24(26)34-31(36)38)39-27-19-10-8-17-25(27)35-32(39)37(29)23-14-5-2-6-15-23/h1-21H. The Bertz CT molecular complexity index is 1900. The predicted octanol–water partition coefficient (Wildman–Crippen LogP) is 6.74. The third-order valence-corrected chi connectivity index (χ3v) is 7.87. The van der Waals surface area contributed by atoms with Crippen molar-refractivity contribution in [2.45, 2.75) is 0 Å². The fourth-order valence-corrected chi connectivity index (χ4v) is 6.31. The highest BCUT2D eigenvalue weighted by atomic mass is 15.4. The molecule has 2 aromatic heterocycles. The van der Waals surface area contributed by atoms with E-state index in [0.717, 1.165) is 56.7 Å². The van der Waals surface area contributed by atoms with Gasteiger partial charge in [0.15, 0.2) is 0 Å². The molecule has 4 heterocycles. The summed E-state index contributed by atoms with van der Waals surface area (Å²) in [5.41, 5.74) is 9.75. The summed E-state index contributed by atoms with van der Waals surface area (Å²) in [5.74, 6) is 1.79. The van der Waals surface area contributed by atoms with Crippen LogP contribution in [0.25, 0.3) is 22.1 Å². The lowest BCUT2D eigenvalue weighted by atomic mass is 9.62. The van der Waals surface area contributed by atoms with Gasteiger partial charge < -0.3 is 8.96 Å². The van der Waals surface area contributed by atoms with E-state index in [1.165, 1.54) is 5.46 Å². The average Bonchev–Trinajstić information content (AvgIpc) is 3.57. The lowest BCUT2D eigenvalue weighted by Crippen LogP contribution is -2.55. The first-order valence-electron chi connectivity index (χ1n) is 13.2. The first-order chi connectivity index (χ1) is 19.4. The molecule has 0 radical (unpaired) electrons. The minimum Gasteiger partial charge on any atom is -0.329 e. The molecule has 5 aromatic carbocycles. The van der Waals surface area contributed by atoms with Gasteiger partial charge in [-0.2, -0.15) is 0 Å².